The Morgan fingerprint density at radius 3 is 2.37 bits per heavy atom. The summed E-state index contributed by atoms with van der Waals surface area (Å²) in [5.74, 6) is -1.34. The van der Waals surface area contributed by atoms with Crippen LogP contribution in [0.5, 0.6) is 0 Å². The van der Waals surface area contributed by atoms with E-state index in [4.69, 9.17) is 4.42 Å². The molecular weight excluding hydrogens is 390 g/mol. The van der Waals surface area contributed by atoms with E-state index in [9.17, 15) is 24.5 Å². The van der Waals surface area contributed by atoms with Crippen molar-refractivity contribution in [3.8, 4) is 11.3 Å². The Kier molecular flexibility index (Phi) is 4.69. The van der Waals surface area contributed by atoms with Crippen LogP contribution in [0.25, 0.3) is 17.4 Å². The van der Waals surface area contributed by atoms with Gasteiger partial charge in [0.2, 0.25) is 0 Å². The average Bonchev–Trinajstić information content (AvgIpc) is 3.20. The topological polar surface area (TPSA) is 123 Å². The molecule has 1 N–H and O–H groups in total. The predicted octanol–water partition coefficient (Wildman–Crippen LogP) is 3.52. The molecule has 30 heavy (non-hydrogen) atoms. The van der Waals surface area contributed by atoms with Crippen molar-refractivity contribution < 1.29 is 23.7 Å². The van der Waals surface area contributed by atoms with Gasteiger partial charge < -0.3 is 4.42 Å². The molecule has 4 rings (SSSR count). The van der Waals surface area contributed by atoms with Crippen molar-refractivity contribution in [1.82, 2.24) is 5.32 Å². The van der Waals surface area contributed by atoms with Gasteiger partial charge in [-0.3, -0.25) is 25.0 Å². The summed E-state index contributed by atoms with van der Waals surface area (Å²) in [6.07, 6.45) is 1.19. The van der Waals surface area contributed by atoms with E-state index in [1.54, 1.807) is 36.4 Å². The SMILES string of the molecule is O=C1NC(=O)N(c2ccccc2)C(=O)/C1=C/c1ccc(-c2ccccc2[N+](=O)[O-])o1. The van der Waals surface area contributed by atoms with E-state index in [0.717, 1.165) is 4.90 Å². The highest BCUT2D eigenvalue weighted by atomic mass is 16.6. The van der Waals surface area contributed by atoms with E-state index >= 15 is 0 Å². The van der Waals surface area contributed by atoms with Crippen LogP contribution in [-0.2, 0) is 9.59 Å². The van der Waals surface area contributed by atoms with Crippen molar-refractivity contribution in [2.45, 2.75) is 0 Å². The lowest BCUT2D eigenvalue weighted by Crippen LogP contribution is -2.54. The maximum atomic E-state index is 12.8. The molecule has 0 unspecified atom stereocenters. The minimum Gasteiger partial charge on any atom is -0.456 e. The van der Waals surface area contributed by atoms with Crippen LogP contribution < -0.4 is 10.2 Å². The normalized spacial score (nSPS) is 15.4. The number of benzene rings is 2. The van der Waals surface area contributed by atoms with Crippen LogP contribution in [0.1, 0.15) is 5.76 Å². The quantitative estimate of drug-likeness (QED) is 0.308. The smallest absolute Gasteiger partial charge is 0.335 e. The summed E-state index contributed by atoms with van der Waals surface area (Å²) in [5.41, 5.74) is 0.117. The van der Waals surface area contributed by atoms with Crippen LogP contribution in [-0.4, -0.2) is 22.8 Å². The number of nitrogens with one attached hydrogen (secondary N) is 1. The monoisotopic (exact) mass is 403 g/mol. The Hall–Kier alpha value is -4.53. The maximum Gasteiger partial charge on any atom is 0.335 e. The van der Waals surface area contributed by atoms with Crippen molar-refractivity contribution in [1.29, 1.82) is 0 Å². The van der Waals surface area contributed by atoms with E-state index in [0.29, 0.717) is 5.69 Å². The lowest BCUT2D eigenvalue weighted by molar-refractivity contribution is -0.384. The fraction of sp³-hybridized carbons (Fsp3) is 0. The Morgan fingerprint density at radius 2 is 1.63 bits per heavy atom. The Morgan fingerprint density at radius 1 is 0.933 bits per heavy atom. The number of imide groups is 2. The summed E-state index contributed by atoms with van der Waals surface area (Å²) < 4.78 is 5.61. The van der Waals surface area contributed by atoms with Gasteiger partial charge in [0.1, 0.15) is 17.1 Å². The van der Waals surface area contributed by atoms with Crippen LogP contribution >= 0.6 is 0 Å². The lowest BCUT2D eigenvalue weighted by Gasteiger charge is -2.26. The van der Waals surface area contributed by atoms with Crippen molar-refractivity contribution in [3.05, 3.63) is 88.2 Å². The van der Waals surface area contributed by atoms with Gasteiger partial charge in [-0.2, -0.15) is 0 Å². The van der Waals surface area contributed by atoms with E-state index < -0.39 is 22.8 Å². The number of amides is 4. The van der Waals surface area contributed by atoms with Gasteiger partial charge in [0, 0.05) is 6.07 Å². The molecule has 1 fully saturated rings. The molecule has 0 spiro atoms. The molecule has 3 aromatic rings. The van der Waals surface area contributed by atoms with Crippen LogP contribution in [0.2, 0.25) is 0 Å². The third kappa shape index (κ3) is 3.35. The summed E-state index contributed by atoms with van der Waals surface area (Å²) in [6, 6.07) is 16.3. The first-order valence-electron chi connectivity index (χ1n) is 8.76. The number of nitrogens with zero attached hydrogens (tertiary/aromatic N) is 2. The van der Waals surface area contributed by atoms with Gasteiger partial charge in [-0.05, 0) is 36.4 Å². The summed E-state index contributed by atoms with van der Waals surface area (Å²) >= 11 is 0. The molecule has 2 heterocycles. The van der Waals surface area contributed by atoms with Gasteiger partial charge in [0.15, 0.2) is 0 Å². The number of nitro groups is 1. The lowest BCUT2D eigenvalue weighted by atomic mass is 10.1. The molecule has 1 saturated heterocycles. The fourth-order valence-electron chi connectivity index (χ4n) is 3.03. The second-order valence-electron chi connectivity index (χ2n) is 6.27. The molecule has 0 radical (unpaired) electrons. The van der Waals surface area contributed by atoms with Gasteiger partial charge in [0.25, 0.3) is 17.5 Å². The van der Waals surface area contributed by atoms with Crippen LogP contribution in [0, 0.1) is 10.1 Å². The Bertz CT molecular complexity index is 1210. The fourth-order valence-corrected chi connectivity index (χ4v) is 3.03. The molecule has 1 aliphatic heterocycles. The van der Waals surface area contributed by atoms with Gasteiger partial charge in [-0.25, -0.2) is 9.69 Å². The Labute approximate surface area is 169 Å². The number of anilines is 1. The maximum absolute atomic E-state index is 12.8. The molecule has 9 heteroatoms. The van der Waals surface area contributed by atoms with Gasteiger partial charge >= 0.3 is 6.03 Å². The third-order valence-corrected chi connectivity index (χ3v) is 4.40. The highest BCUT2D eigenvalue weighted by molar-refractivity contribution is 6.39. The first kappa shape index (κ1) is 18.8. The molecule has 9 nitrogen and oxygen atoms in total. The zero-order valence-corrected chi connectivity index (χ0v) is 15.3. The minimum atomic E-state index is -0.860. The van der Waals surface area contributed by atoms with Crippen molar-refractivity contribution in [2.24, 2.45) is 0 Å². The third-order valence-electron chi connectivity index (χ3n) is 4.40. The summed E-state index contributed by atoms with van der Waals surface area (Å²) in [6.45, 7) is 0. The van der Waals surface area contributed by atoms with Crippen molar-refractivity contribution >= 4 is 35.3 Å². The minimum absolute atomic E-state index is 0.129. The largest absolute Gasteiger partial charge is 0.456 e. The van der Waals surface area contributed by atoms with Crippen molar-refractivity contribution in [2.75, 3.05) is 4.90 Å². The van der Waals surface area contributed by atoms with E-state index in [2.05, 4.69) is 5.32 Å². The molecule has 148 valence electrons. The second-order valence-corrected chi connectivity index (χ2v) is 6.27. The number of para-hydroxylation sites is 2. The van der Waals surface area contributed by atoms with Gasteiger partial charge in [-0.15, -0.1) is 0 Å². The van der Waals surface area contributed by atoms with Crippen LogP contribution in [0.15, 0.2) is 76.7 Å². The molecule has 2 aromatic carbocycles. The van der Waals surface area contributed by atoms with E-state index in [1.165, 1.54) is 36.4 Å². The first-order chi connectivity index (χ1) is 14.5. The number of furan rings is 1. The average molecular weight is 403 g/mol. The Balaban J connectivity index is 1.70. The van der Waals surface area contributed by atoms with E-state index in [1.807, 2.05) is 0 Å². The molecular formula is C21H13N3O6. The highest BCUT2D eigenvalue weighted by Crippen LogP contribution is 2.31. The highest BCUT2D eigenvalue weighted by Gasteiger charge is 2.37. The molecule has 0 aliphatic carbocycles. The standard InChI is InChI=1S/C21H13N3O6/c25-19-16(20(26)23(21(27)22-19)13-6-2-1-3-7-13)12-14-10-11-18(30-14)15-8-4-5-9-17(15)24(28)29/h1-12H,(H,22,25,27)/b16-12+. The molecule has 0 atom stereocenters. The van der Waals surface area contributed by atoms with E-state index in [-0.39, 0.29) is 28.3 Å². The number of rotatable bonds is 4. The van der Waals surface area contributed by atoms with Crippen molar-refractivity contribution in [3.63, 3.8) is 0 Å². The number of urea groups is 1. The summed E-state index contributed by atoms with van der Waals surface area (Å²) in [5, 5.41) is 13.3. The molecule has 1 aromatic heterocycles. The van der Waals surface area contributed by atoms with Gasteiger partial charge in [-0.1, -0.05) is 30.3 Å². The second kappa shape index (κ2) is 7.47. The number of hydrogen-bond donors (Lipinski definition) is 1. The summed E-state index contributed by atoms with van der Waals surface area (Å²) in [7, 11) is 0. The number of nitro benzene ring substituents is 1. The number of carbonyl (C=O) groups excluding carboxylic acids is 3. The van der Waals surface area contributed by atoms with Crippen LogP contribution in [0.3, 0.4) is 0 Å². The number of carbonyl (C=O) groups is 3. The first-order valence-corrected chi connectivity index (χ1v) is 8.76. The predicted molar refractivity (Wildman–Crippen MR) is 106 cm³/mol. The van der Waals surface area contributed by atoms with Crippen LogP contribution in [0.4, 0.5) is 16.2 Å². The summed E-state index contributed by atoms with van der Waals surface area (Å²) in [4.78, 5) is 48.8. The zero-order valence-electron chi connectivity index (χ0n) is 15.3. The number of hydrogen-bond acceptors (Lipinski definition) is 6. The van der Waals surface area contributed by atoms with Gasteiger partial charge in [0.05, 0.1) is 16.2 Å². The number of barbiturate groups is 1. The zero-order chi connectivity index (χ0) is 21.3. The molecule has 4 amide bonds. The molecule has 0 saturated carbocycles. The molecule has 1 aliphatic rings. The molecule has 0 bridgehead atoms.